The number of aliphatic imine (C=N–C) groups is 1. The lowest BCUT2D eigenvalue weighted by atomic mass is 9.98. The van der Waals surface area contributed by atoms with E-state index in [1.54, 1.807) is 38.1 Å². The highest BCUT2D eigenvalue weighted by Crippen LogP contribution is 2.18. The largest absolute Gasteiger partial charge is 0.480 e. The molecule has 2 atom stereocenters. The van der Waals surface area contributed by atoms with Gasteiger partial charge in [0.25, 0.3) is 0 Å². The number of anilines is 1. The van der Waals surface area contributed by atoms with E-state index in [1.165, 1.54) is 6.92 Å². The number of carbonyl (C=O) groups excluding carboxylic acids is 4. The second kappa shape index (κ2) is 15.0. The molecular weight excluding hydrogens is 470 g/mol. The fourth-order valence-corrected chi connectivity index (χ4v) is 3.27. The van der Waals surface area contributed by atoms with E-state index in [1.807, 2.05) is 0 Å². The van der Waals surface area contributed by atoms with Crippen molar-refractivity contribution < 1.29 is 29.1 Å². The van der Waals surface area contributed by atoms with Crippen molar-refractivity contribution >= 4 is 41.1 Å². The fourth-order valence-electron chi connectivity index (χ4n) is 3.27. The Morgan fingerprint density at radius 1 is 1.03 bits per heavy atom. The van der Waals surface area contributed by atoms with Crippen molar-refractivity contribution in [3.8, 4) is 0 Å². The molecule has 0 saturated heterocycles. The molecule has 0 spiro atoms. The third-order valence-corrected chi connectivity index (χ3v) is 4.95. The van der Waals surface area contributed by atoms with Crippen molar-refractivity contribution in [2.75, 3.05) is 25.0 Å². The summed E-state index contributed by atoms with van der Waals surface area (Å²) >= 11 is 0. The van der Waals surface area contributed by atoms with E-state index < -0.39 is 36.4 Å². The van der Waals surface area contributed by atoms with E-state index >= 15 is 0 Å². The van der Waals surface area contributed by atoms with Gasteiger partial charge in [0.2, 0.25) is 17.7 Å². The molecule has 3 amide bonds. The average molecular weight is 506 g/mol. The Kier molecular flexibility index (Phi) is 12.4. The van der Waals surface area contributed by atoms with Crippen LogP contribution in [0.3, 0.4) is 0 Å². The molecule has 13 nitrogen and oxygen atoms in total. The monoisotopic (exact) mass is 505 g/mol. The molecule has 0 fully saturated rings. The summed E-state index contributed by atoms with van der Waals surface area (Å²) in [6.45, 7) is 4.21. The predicted molar refractivity (Wildman–Crippen MR) is 134 cm³/mol. The number of carbonyl (C=O) groups is 5. The van der Waals surface area contributed by atoms with E-state index in [2.05, 4.69) is 26.3 Å². The minimum absolute atomic E-state index is 0.0655. The van der Waals surface area contributed by atoms with Crippen molar-refractivity contribution in [2.24, 2.45) is 22.4 Å². The van der Waals surface area contributed by atoms with Crippen molar-refractivity contribution in [1.29, 1.82) is 0 Å². The van der Waals surface area contributed by atoms with E-state index in [4.69, 9.17) is 16.6 Å². The topological polar surface area (TPSA) is 218 Å². The third kappa shape index (κ3) is 10.8. The number of aliphatic carboxylic acids is 1. The summed E-state index contributed by atoms with van der Waals surface area (Å²) < 4.78 is 0. The fraction of sp³-hybridized carbons (Fsp3) is 0.478. The van der Waals surface area contributed by atoms with E-state index in [0.717, 1.165) is 0 Å². The third-order valence-electron chi connectivity index (χ3n) is 4.95. The van der Waals surface area contributed by atoms with Gasteiger partial charge < -0.3 is 37.8 Å². The van der Waals surface area contributed by atoms with E-state index in [0.29, 0.717) is 25.1 Å². The van der Waals surface area contributed by atoms with Crippen molar-refractivity contribution in [3.05, 3.63) is 29.8 Å². The molecule has 0 aliphatic carbocycles. The average Bonchev–Trinajstić information content (AvgIpc) is 2.80. The lowest BCUT2D eigenvalue weighted by molar-refractivity contribution is -0.138. The number of nitrogens with two attached hydrogens (primary N) is 2. The van der Waals surface area contributed by atoms with Gasteiger partial charge in [-0.3, -0.25) is 29.0 Å². The quantitative estimate of drug-likeness (QED) is 0.0684. The number of ketones is 1. The van der Waals surface area contributed by atoms with Crippen LogP contribution in [0.5, 0.6) is 0 Å². The molecule has 0 saturated carbocycles. The van der Waals surface area contributed by atoms with Crippen LogP contribution >= 0.6 is 0 Å². The highest BCUT2D eigenvalue weighted by Gasteiger charge is 2.25. The molecule has 0 bridgehead atoms. The van der Waals surface area contributed by atoms with Gasteiger partial charge in [0.15, 0.2) is 11.7 Å². The standard InChI is InChI=1S/C23H35N7O6/c1-13(2)20(22(36)28-12-19(33)34)30-18(32)11-27-16-8-5-4-7-15(16)21(35)17(29-14(3)31)9-6-10-26-23(24)25/h4-5,7-8,13,17,20,27H,6,9-12H2,1-3H3,(H,28,36)(H,29,31)(H,30,32)(H,33,34)(H4,24,25,26). The summed E-state index contributed by atoms with van der Waals surface area (Å²) in [5.41, 5.74) is 11.3. The van der Waals surface area contributed by atoms with Gasteiger partial charge in [-0.05, 0) is 30.9 Å². The summed E-state index contributed by atoms with van der Waals surface area (Å²) in [5, 5.41) is 19.1. The summed E-state index contributed by atoms with van der Waals surface area (Å²) in [5.74, 6) is -3.44. The number of benzene rings is 1. The maximum Gasteiger partial charge on any atom is 0.322 e. The summed E-state index contributed by atoms with van der Waals surface area (Å²) in [6, 6.07) is 4.76. The number of hydrogen-bond donors (Lipinski definition) is 7. The first-order valence-electron chi connectivity index (χ1n) is 11.4. The van der Waals surface area contributed by atoms with Crippen LogP contribution in [0.1, 0.15) is 44.0 Å². The Morgan fingerprint density at radius 2 is 1.69 bits per heavy atom. The molecule has 0 radical (unpaired) electrons. The molecule has 0 heterocycles. The maximum absolute atomic E-state index is 13.2. The number of amides is 3. The Labute approximate surface area is 209 Å². The molecule has 198 valence electrons. The van der Waals surface area contributed by atoms with Gasteiger partial charge in [-0.25, -0.2) is 0 Å². The molecule has 9 N–H and O–H groups in total. The second-order valence-corrected chi connectivity index (χ2v) is 8.37. The number of Topliss-reactive ketones (excluding diaryl/α,β-unsaturated/α-hetero) is 1. The van der Waals surface area contributed by atoms with Crippen molar-refractivity contribution in [1.82, 2.24) is 16.0 Å². The first-order chi connectivity index (χ1) is 16.9. The second-order valence-electron chi connectivity index (χ2n) is 8.37. The van der Waals surface area contributed by atoms with Crippen LogP contribution in [0.4, 0.5) is 5.69 Å². The van der Waals surface area contributed by atoms with E-state index in [9.17, 15) is 24.0 Å². The molecule has 1 rings (SSSR count). The molecular formula is C23H35N7O6. The van der Waals surface area contributed by atoms with Gasteiger partial charge in [-0.1, -0.05) is 26.0 Å². The van der Waals surface area contributed by atoms with Gasteiger partial charge in [0.05, 0.1) is 12.6 Å². The van der Waals surface area contributed by atoms with E-state index in [-0.39, 0.29) is 35.7 Å². The number of nitrogens with zero attached hydrogens (tertiary/aromatic N) is 1. The van der Waals surface area contributed by atoms with Crippen LogP contribution < -0.4 is 32.7 Å². The van der Waals surface area contributed by atoms with Gasteiger partial charge in [0, 0.05) is 24.7 Å². The Hall–Kier alpha value is -4.16. The molecule has 1 aromatic rings. The van der Waals surface area contributed by atoms with Crippen LogP contribution in [0.25, 0.3) is 0 Å². The Balaban J connectivity index is 2.89. The number of rotatable bonds is 15. The molecule has 36 heavy (non-hydrogen) atoms. The minimum Gasteiger partial charge on any atom is -0.480 e. The van der Waals surface area contributed by atoms with Gasteiger partial charge in [0.1, 0.15) is 12.6 Å². The van der Waals surface area contributed by atoms with Crippen molar-refractivity contribution in [2.45, 2.75) is 45.7 Å². The molecule has 1 aromatic carbocycles. The molecule has 0 aromatic heterocycles. The number of para-hydroxylation sites is 1. The predicted octanol–water partition coefficient (Wildman–Crippen LogP) is -0.819. The van der Waals surface area contributed by atoms with Crippen LogP contribution in [0, 0.1) is 5.92 Å². The van der Waals surface area contributed by atoms with Gasteiger partial charge in [-0.15, -0.1) is 0 Å². The lowest BCUT2D eigenvalue weighted by Gasteiger charge is -2.22. The van der Waals surface area contributed by atoms with Crippen LogP contribution in [0.2, 0.25) is 0 Å². The van der Waals surface area contributed by atoms with Crippen LogP contribution in [-0.4, -0.2) is 72.3 Å². The zero-order valence-electron chi connectivity index (χ0n) is 20.7. The van der Waals surface area contributed by atoms with Gasteiger partial charge in [-0.2, -0.15) is 0 Å². The SMILES string of the molecule is CC(=O)NC(CCCN=C(N)N)C(=O)c1ccccc1NCC(=O)NC(C(=O)NCC(=O)O)C(C)C. The summed E-state index contributed by atoms with van der Waals surface area (Å²) in [4.78, 5) is 64.2. The molecule has 2 unspecified atom stereocenters. The van der Waals surface area contributed by atoms with Crippen molar-refractivity contribution in [3.63, 3.8) is 0 Å². The number of carboxylic acid groups (broad SMARTS) is 1. The number of hydrogen-bond acceptors (Lipinski definition) is 7. The first kappa shape index (κ1) is 29.9. The number of guanidine groups is 1. The van der Waals surface area contributed by atoms with Gasteiger partial charge >= 0.3 is 5.97 Å². The minimum atomic E-state index is -1.20. The summed E-state index contributed by atoms with van der Waals surface area (Å²) in [7, 11) is 0. The maximum atomic E-state index is 13.2. The highest BCUT2D eigenvalue weighted by molar-refractivity contribution is 6.06. The first-order valence-corrected chi connectivity index (χ1v) is 11.4. The lowest BCUT2D eigenvalue weighted by Crippen LogP contribution is -2.51. The van der Waals surface area contributed by atoms with Crippen LogP contribution in [-0.2, 0) is 19.2 Å². The summed E-state index contributed by atoms with van der Waals surface area (Å²) in [6.07, 6.45) is 0.749. The molecule has 13 heteroatoms. The number of nitrogens with one attached hydrogen (secondary N) is 4. The zero-order valence-corrected chi connectivity index (χ0v) is 20.7. The smallest absolute Gasteiger partial charge is 0.322 e. The zero-order chi connectivity index (χ0) is 27.3. The molecule has 0 aliphatic rings. The number of carboxylic acids is 1. The normalized spacial score (nSPS) is 12.1. The molecule has 0 aliphatic heterocycles. The Bertz CT molecular complexity index is 975. The highest BCUT2D eigenvalue weighted by atomic mass is 16.4. The van der Waals surface area contributed by atoms with Crippen LogP contribution in [0.15, 0.2) is 29.3 Å². The Morgan fingerprint density at radius 3 is 2.28 bits per heavy atom.